The molecule has 0 spiro atoms. The van der Waals surface area contributed by atoms with E-state index < -0.39 is 0 Å². The summed E-state index contributed by atoms with van der Waals surface area (Å²) in [6.45, 7) is 6.33. The highest BCUT2D eigenvalue weighted by atomic mass is 16.2. The lowest BCUT2D eigenvalue weighted by Crippen LogP contribution is -2.41. The number of hydrogen-bond acceptors (Lipinski definition) is 3. The number of hydrogen-bond donors (Lipinski definition) is 1. The number of amides is 2. The number of carbonyl (C=O) groups excluding carboxylic acids is 2. The summed E-state index contributed by atoms with van der Waals surface area (Å²) in [6.07, 6.45) is 2.85. The van der Waals surface area contributed by atoms with E-state index in [-0.39, 0.29) is 17.9 Å². The summed E-state index contributed by atoms with van der Waals surface area (Å²) in [7, 11) is 1.58. The first-order chi connectivity index (χ1) is 8.40. The molecule has 1 rings (SSSR count). The van der Waals surface area contributed by atoms with Gasteiger partial charge in [0.25, 0.3) is 5.91 Å². The van der Waals surface area contributed by atoms with Crippen molar-refractivity contribution in [2.24, 2.45) is 11.0 Å². The molecular formula is C13H23N3O2. The Labute approximate surface area is 109 Å². The van der Waals surface area contributed by atoms with Crippen LogP contribution < -0.4 is 5.32 Å². The van der Waals surface area contributed by atoms with E-state index in [1.165, 1.54) is 5.01 Å². The summed E-state index contributed by atoms with van der Waals surface area (Å²) in [4.78, 5) is 23.2. The van der Waals surface area contributed by atoms with Crippen LogP contribution in [0.2, 0.25) is 0 Å². The van der Waals surface area contributed by atoms with Gasteiger partial charge in [0.2, 0.25) is 5.91 Å². The molecule has 0 radical (unpaired) electrons. The fraction of sp³-hybridized carbons (Fsp3) is 0.769. The predicted molar refractivity (Wildman–Crippen MR) is 71.1 cm³/mol. The summed E-state index contributed by atoms with van der Waals surface area (Å²) in [5.74, 6) is 0.449. The lowest BCUT2D eigenvalue weighted by Gasteiger charge is -2.21. The van der Waals surface area contributed by atoms with Gasteiger partial charge in [-0.25, -0.2) is 5.01 Å². The molecule has 0 saturated carbocycles. The Balaban J connectivity index is 2.45. The van der Waals surface area contributed by atoms with Gasteiger partial charge in [-0.3, -0.25) is 9.59 Å². The average Bonchev–Trinajstić information content (AvgIpc) is 2.30. The van der Waals surface area contributed by atoms with Crippen LogP contribution in [-0.2, 0) is 9.59 Å². The minimum atomic E-state index is -0.148. The summed E-state index contributed by atoms with van der Waals surface area (Å²) in [6, 6.07) is 0.144. The van der Waals surface area contributed by atoms with Gasteiger partial charge < -0.3 is 5.32 Å². The van der Waals surface area contributed by atoms with Crippen molar-refractivity contribution in [1.82, 2.24) is 10.3 Å². The minimum absolute atomic E-state index is 0.0422. The second kappa shape index (κ2) is 6.52. The van der Waals surface area contributed by atoms with Crippen LogP contribution in [0.1, 0.15) is 46.5 Å². The van der Waals surface area contributed by atoms with Gasteiger partial charge >= 0.3 is 0 Å². The lowest BCUT2D eigenvalue weighted by molar-refractivity contribution is -0.130. The molecule has 1 atom stereocenters. The maximum absolute atomic E-state index is 11.9. The van der Waals surface area contributed by atoms with Crippen molar-refractivity contribution in [3.63, 3.8) is 0 Å². The molecule has 0 aliphatic carbocycles. The Hall–Kier alpha value is -1.39. The largest absolute Gasteiger partial charge is 0.348 e. The van der Waals surface area contributed by atoms with Gasteiger partial charge in [-0.05, 0) is 25.7 Å². The van der Waals surface area contributed by atoms with Crippen molar-refractivity contribution >= 4 is 17.5 Å². The fourth-order valence-corrected chi connectivity index (χ4v) is 1.80. The van der Waals surface area contributed by atoms with E-state index in [1.807, 2.05) is 6.92 Å². The molecule has 0 fully saturated rings. The van der Waals surface area contributed by atoms with E-state index in [4.69, 9.17) is 0 Å². The van der Waals surface area contributed by atoms with Gasteiger partial charge in [0.1, 0.15) is 5.71 Å². The van der Waals surface area contributed by atoms with Crippen molar-refractivity contribution < 1.29 is 9.59 Å². The summed E-state index contributed by atoms with van der Waals surface area (Å²) in [5, 5.41) is 8.18. The highest BCUT2D eigenvalue weighted by Gasteiger charge is 2.22. The van der Waals surface area contributed by atoms with Gasteiger partial charge in [0.05, 0.1) is 0 Å². The van der Waals surface area contributed by atoms with Gasteiger partial charge in [-0.1, -0.05) is 13.8 Å². The van der Waals surface area contributed by atoms with E-state index in [0.29, 0.717) is 24.5 Å². The Bertz CT molecular complexity index is 350. The zero-order valence-electron chi connectivity index (χ0n) is 11.7. The Morgan fingerprint density at radius 3 is 2.56 bits per heavy atom. The number of nitrogens with one attached hydrogen (secondary N) is 1. The predicted octanol–water partition coefficient (Wildman–Crippen LogP) is 1.54. The topological polar surface area (TPSA) is 61.8 Å². The molecule has 0 aromatic heterocycles. The van der Waals surface area contributed by atoms with E-state index in [2.05, 4.69) is 24.3 Å². The molecule has 0 saturated heterocycles. The molecule has 1 aliphatic heterocycles. The van der Waals surface area contributed by atoms with Crippen LogP contribution in [0.25, 0.3) is 0 Å². The first-order valence-electron chi connectivity index (χ1n) is 6.55. The van der Waals surface area contributed by atoms with E-state index in [9.17, 15) is 9.59 Å². The molecular weight excluding hydrogens is 230 g/mol. The first kappa shape index (κ1) is 14.7. The van der Waals surface area contributed by atoms with Crippen molar-refractivity contribution in [2.75, 3.05) is 7.05 Å². The molecule has 1 aliphatic rings. The van der Waals surface area contributed by atoms with E-state index in [1.54, 1.807) is 7.05 Å². The van der Waals surface area contributed by atoms with E-state index in [0.717, 1.165) is 12.8 Å². The Kier molecular flexibility index (Phi) is 5.31. The van der Waals surface area contributed by atoms with Crippen molar-refractivity contribution in [1.29, 1.82) is 0 Å². The van der Waals surface area contributed by atoms with Gasteiger partial charge in [0, 0.05) is 25.9 Å². The molecule has 0 aromatic carbocycles. The van der Waals surface area contributed by atoms with E-state index >= 15 is 0 Å². The monoisotopic (exact) mass is 253 g/mol. The van der Waals surface area contributed by atoms with Gasteiger partial charge in [-0.15, -0.1) is 0 Å². The molecule has 5 nitrogen and oxygen atoms in total. The van der Waals surface area contributed by atoms with Crippen LogP contribution in [0, 0.1) is 5.92 Å². The van der Waals surface area contributed by atoms with Crippen LogP contribution in [0.15, 0.2) is 5.10 Å². The SMILES string of the molecule is CC(C)CC[C@@H](C)NC(=O)C1=NN(C)C(=O)CC1. The maximum Gasteiger partial charge on any atom is 0.267 e. The molecule has 0 unspecified atom stereocenters. The molecule has 1 heterocycles. The Morgan fingerprint density at radius 2 is 2.00 bits per heavy atom. The smallest absolute Gasteiger partial charge is 0.267 e. The number of rotatable bonds is 5. The van der Waals surface area contributed by atoms with Crippen LogP contribution in [0.3, 0.4) is 0 Å². The summed E-state index contributed by atoms with van der Waals surface area (Å²) >= 11 is 0. The van der Waals surface area contributed by atoms with Crippen LogP contribution in [0.4, 0.5) is 0 Å². The summed E-state index contributed by atoms with van der Waals surface area (Å²) < 4.78 is 0. The normalized spacial score (nSPS) is 17.7. The zero-order chi connectivity index (χ0) is 13.7. The van der Waals surface area contributed by atoms with Gasteiger partial charge in [-0.2, -0.15) is 5.10 Å². The number of carbonyl (C=O) groups is 2. The number of hydrazone groups is 1. The fourth-order valence-electron chi connectivity index (χ4n) is 1.80. The molecule has 102 valence electrons. The lowest BCUT2D eigenvalue weighted by atomic mass is 10.0. The van der Waals surface area contributed by atoms with Gasteiger partial charge in [0.15, 0.2) is 0 Å². The third kappa shape index (κ3) is 4.47. The minimum Gasteiger partial charge on any atom is -0.348 e. The third-order valence-corrected chi connectivity index (χ3v) is 3.02. The maximum atomic E-state index is 11.9. The second-order valence-electron chi connectivity index (χ2n) is 5.31. The molecule has 5 heteroatoms. The number of nitrogens with zero attached hydrogens (tertiary/aromatic N) is 2. The van der Waals surface area contributed by atoms with Crippen molar-refractivity contribution in [3.8, 4) is 0 Å². The summed E-state index contributed by atoms with van der Waals surface area (Å²) in [5.41, 5.74) is 0.452. The highest BCUT2D eigenvalue weighted by Crippen LogP contribution is 2.09. The third-order valence-electron chi connectivity index (χ3n) is 3.02. The molecule has 18 heavy (non-hydrogen) atoms. The average molecular weight is 253 g/mol. The molecule has 0 aromatic rings. The standard InChI is InChI=1S/C13H23N3O2/c1-9(2)5-6-10(3)14-13(18)11-7-8-12(17)16(4)15-11/h9-10H,5-8H2,1-4H3,(H,14,18)/t10-/m1/s1. The molecule has 2 amide bonds. The van der Waals surface area contributed by atoms with Crippen molar-refractivity contribution in [3.05, 3.63) is 0 Å². The quantitative estimate of drug-likeness (QED) is 0.807. The first-order valence-corrected chi connectivity index (χ1v) is 6.55. The highest BCUT2D eigenvalue weighted by molar-refractivity contribution is 6.39. The van der Waals surface area contributed by atoms with Crippen LogP contribution >= 0.6 is 0 Å². The van der Waals surface area contributed by atoms with Crippen molar-refractivity contribution in [2.45, 2.75) is 52.5 Å². The molecule has 0 bridgehead atoms. The Morgan fingerprint density at radius 1 is 1.33 bits per heavy atom. The van der Waals surface area contributed by atoms with Crippen LogP contribution in [0.5, 0.6) is 0 Å². The second-order valence-corrected chi connectivity index (χ2v) is 5.31. The van der Waals surface area contributed by atoms with Crippen LogP contribution in [-0.4, -0.2) is 35.6 Å². The zero-order valence-corrected chi connectivity index (χ0v) is 11.7. The molecule has 1 N–H and O–H groups in total.